The molecule has 26 heavy (non-hydrogen) atoms. The minimum Gasteiger partial charge on any atom is -0.466 e. The van der Waals surface area contributed by atoms with Crippen LogP contribution in [-0.4, -0.2) is 39.6 Å². The lowest BCUT2D eigenvalue weighted by molar-refractivity contribution is -0.385. The second-order valence-corrected chi connectivity index (χ2v) is 5.83. The maximum Gasteiger partial charge on any atom is 0.437 e. The monoisotopic (exact) mass is 393 g/mol. The van der Waals surface area contributed by atoms with Gasteiger partial charge in [-0.1, -0.05) is 12.1 Å². The Bertz CT molecular complexity index is 745. The average Bonchev–Trinajstić information content (AvgIpc) is 2.53. The molecule has 0 bridgehead atoms. The fourth-order valence-corrected chi connectivity index (χ4v) is 2.93. The molecule has 142 valence electrons. The van der Waals surface area contributed by atoms with E-state index < -0.39 is 45.6 Å². The van der Waals surface area contributed by atoms with Crippen molar-refractivity contribution in [2.45, 2.75) is 24.9 Å². The number of nitrogens with one attached hydrogen (secondary N) is 2. The number of aliphatic hydroxyl groups is 1. The van der Waals surface area contributed by atoms with E-state index in [2.05, 4.69) is 10.1 Å². The number of esters is 1. The number of benzene rings is 1. The molecule has 0 saturated carbocycles. The topological polar surface area (TPSA) is 114 Å². The number of nitro benzene ring substituents is 1. The second kappa shape index (κ2) is 7.03. The molecule has 0 aromatic heterocycles. The molecular formula is C14H14F3N3O5S. The van der Waals surface area contributed by atoms with Gasteiger partial charge in [-0.2, -0.15) is 13.2 Å². The molecule has 0 spiro atoms. The number of carbonyl (C=O) groups excluding carboxylic acids is 1. The minimum atomic E-state index is -5.28. The first-order valence-electron chi connectivity index (χ1n) is 7.30. The van der Waals surface area contributed by atoms with Crippen LogP contribution in [0.4, 0.5) is 18.9 Å². The van der Waals surface area contributed by atoms with E-state index in [0.29, 0.717) is 0 Å². The fraction of sp³-hybridized carbons (Fsp3) is 0.429. The standard InChI is InChI=1S/C14H14F3N3O5S/c1-2-25-11(21)9-10(7-4-3-5-8(6-7)20(23)24)18-12(26)19-13(9,22)14(15,16)17/h3-6,9-10,22H,2H2,1H3,(H2,18,19,26). The van der Waals surface area contributed by atoms with Gasteiger partial charge in [-0.05, 0) is 24.7 Å². The van der Waals surface area contributed by atoms with Crippen LogP contribution in [0.1, 0.15) is 18.5 Å². The molecule has 1 aliphatic heterocycles. The number of ether oxygens (including phenoxy) is 1. The van der Waals surface area contributed by atoms with Crippen molar-refractivity contribution in [2.24, 2.45) is 5.92 Å². The normalized spacial score (nSPS) is 25.8. The highest BCUT2D eigenvalue weighted by Crippen LogP contribution is 2.43. The lowest BCUT2D eigenvalue weighted by Gasteiger charge is -2.45. The van der Waals surface area contributed by atoms with Crippen molar-refractivity contribution < 1.29 is 32.7 Å². The van der Waals surface area contributed by atoms with Crippen molar-refractivity contribution in [2.75, 3.05) is 6.61 Å². The molecule has 3 unspecified atom stereocenters. The number of halogens is 3. The zero-order valence-electron chi connectivity index (χ0n) is 13.2. The molecule has 3 N–H and O–H groups in total. The van der Waals surface area contributed by atoms with Gasteiger partial charge in [-0.15, -0.1) is 0 Å². The molecule has 1 heterocycles. The third kappa shape index (κ3) is 3.55. The Morgan fingerprint density at radius 3 is 2.69 bits per heavy atom. The summed E-state index contributed by atoms with van der Waals surface area (Å²) < 4.78 is 45.3. The number of nitro groups is 1. The summed E-state index contributed by atoms with van der Waals surface area (Å²) in [5.74, 6) is -3.54. The van der Waals surface area contributed by atoms with E-state index in [1.54, 1.807) is 5.32 Å². The number of thiocarbonyl (C=S) groups is 1. The van der Waals surface area contributed by atoms with Crippen LogP contribution in [0.15, 0.2) is 24.3 Å². The molecule has 0 amide bonds. The highest BCUT2D eigenvalue weighted by Gasteiger charge is 2.66. The molecule has 3 atom stereocenters. The van der Waals surface area contributed by atoms with Gasteiger partial charge >= 0.3 is 12.1 Å². The van der Waals surface area contributed by atoms with Crippen LogP contribution in [0.3, 0.4) is 0 Å². The first kappa shape index (κ1) is 19.8. The van der Waals surface area contributed by atoms with Gasteiger partial charge < -0.3 is 20.5 Å². The number of hydrogen-bond donors (Lipinski definition) is 3. The van der Waals surface area contributed by atoms with Gasteiger partial charge in [-0.3, -0.25) is 14.9 Å². The van der Waals surface area contributed by atoms with Crippen LogP contribution in [0.25, 0.3) is 0 Å². The Hall–Kier alpha value is -2.47. The Balaban J connectivity index is 2.60. The number of alkyl halides is 3. The summed E-state index contributed by atoms with van der Waals surface area (Å²) in [5, 5.41) is 24.7. The molecule has 1 fully saturated rings. The summed E-state index contributed by atoms with van der Waals surface area (Å²) in [7, 11) is 0. The highest BCUT2D eigenvalue weighted by atomic mass is 32.1. The molecular weight excluding hydrogens is 379 g/mol. The van der Waals surface area contributed by atoms with Gasteiger partial charge in [0, 0.05) is 12.1 Å². The number of carbonyl (C=O) groups is 1. The van der Waals surface area contributed by atoms with Gasteiger partial charge in [-0.25, -0.2) is 0 Å². The second-order valence-electron chi connectivity index (χ2n) is 5.42. The van der Waals surface area contributed by atoms with Crippen LogP contribution >= 0.6 is 12.2 Å². The predicted octanol–water partition coefficient (Wildman–Crippen LogP) is 1.54. The summed E-state index contributed by atoms with van der Waals surface area (Å²) in [6.07, 6.45) is -5.28. The van der Waals surface area contributed by atoms with Crippen molar-refractivity contribution in [3.05, 3.63) is 39.9 Å². The molecule has 8 nitrogen and oxygen atoms in total. The summed E-state index contributed by atoms with van der Waals surface area (Å²) >= 11 is 4.72. The third-order valence-corrected chi connectivity index (χ3v) is 4.01. The minimum absolute atomic E-state index is 0.0382. The van der Waals surface area contributed by atoms with Crippen LogP contribution in [0.5, 0.6) is 0 Å². The smallest absolute Gasteiger partial charge is 0.437 e. The number of nitrogens with zero attached hydrogens (tertiary/aromatic N) is 1. The molecule has 1 aliphatic rings. The molecule has 1 aromatic carbocycles. The van der Waals surface area contributed by atoms with Crippen LogP contribution in [0.2, 0.25) is 0 Å². The van der Waals surface area contributed by atoms with Crippen LogP contribution in [-0.2, 0) is 9.53 Å². The SMILES string of the molecule is CCOC(=O)C1C(c2cccc([N+](=O)[O-])c2)NC(=S)NC1(O)C(F)(F)F. The third-order valence-electron chi connectivity index (χ3n) is 3.79. The summed E-state index contributed by atoms with van der Waals surface area (Å²) in [4.78, 5) is 22.4. The van der Waals surface area contributed by atoms with Crippen molar-refractivity contribution in [3.8, 4) is 0 Å². The lowest BCUT2D eigenvalue weighted by Crippen LogP contribution is -2.73. The molecule has 1 saturated heterocycles. The first-order valence-corrected chi connectivity index (χ1v) is 7.71. The van der Waals surface area contributed by atoms with Crippen molar-refractivity contribution in [3.63, 3.8) is 0 Å². The first-order chi connectivity index (χ1) is 12.0. The van der Waals surface area contributed by atoms with Crippen molar-refractivity contribution in [1.82, 2.24) is 10.6 Å². The van der Waals surface area contributed by atoms with Gasteiger partial charge in [0.25, 0.3) is 11.4 Å². The summed E-state index contributed by atoms with van der Waals surface area (Å²) in [6.45, 7) is 1.16. The van der Waals surface area contributed by atoms with E-state index in [9.17, 15) is 33.2 Å². The van der Waals surface area contributed by atoms with E-state index in [1.807, 2.05) is 0 Å². The van der Waals surface area contributed by atoms with Crippen LogP contribution < -0.4 is 10.6 Å². The average molecular weight is 393 g/mol. The molecule has 12 heteroatoms. The number of rotatable bonds is 4. The Morgan fingerprint density at radius 2 is 2.15 bits per heavy atom. The van der Waals surface area contributed by atoms with Crippen molar-refractivity contribution in [1.29, 1.82) is 0 Å². The van der Waals surface area contributed by atoms with Gasteiger partial charge in [0.05, 0.1) is 17.6 Å². The number of hydrogen-bond acceptors (Lipinski definition) is 6. The van der Waals surface area contributed by atoms with E-state index >= 15 is 0 Å². The molecule has 2 rings (SSSR count). The maximum absolute atomic E-state index is 13.5. The predicted molar refractivity (Wildman–Crippen MR) is 85.8 cm³/mol. The van der Waals surface area contributed by atoms with Gasteiger partial charge in [0.2, 0.25) is 0 Å². The molecule has 1 aromatic rings. The largest absolute Gasteiger partial charge is 0.466 e. The summed E-state index contributed by atoms with van der Waals surface area (Å²) in [6, 6.07) is 3.15. The zero-order valence-corrected chi connectivity index (χ0v) is 14.1. The Kier molecular flexibility index (Phi) is 5.37. The van der Waals surface area contributed by atoms with E-state index in [1.165, 1.54) is 19.1 Å². The Morgan fingerprint density at radius 1 is 1.50 bits per heavy atom. The molecule has 0 aliphatic carbocycles. The quantitative estimate of drug-likeness (QED) is 0.306. The Labute approximate surface area is 150 Å². The zero-order chi connectivity index (χ0) is 19.7. The number of non-ortho nitro benzene ring substituents is 1. The lowest BCUT2D eigenvalue weighted by atomic mass is 9.82. The maximum atomic E-state index is 13.5. The van der Waals surface area contributed by atoms with Crippen molar-refractivity contribution >= 4 is 29.0 Å². The van der Waals surface area contributed by atoms with E-state index in [4.69, 9.17) is 12.2 Å². The molecule has 0 radical (unpaired) electrons. The highest BCUT2D eigenvalue weighted by molar-refractivity contribution is 7.80. The summed E-state index contributed by atoms with van der Waals surface area (Å²) in [5.41, 5.74) is -4.15. The van der Waals surface area contributed by atoms with Gasteiger partial charge in [0.15, 0.2) is 5.11 Å². The van der Waals surface area contributed by atoms with E-state index in [0.717, 1.165) is 12.1 Å². The fourth-order valence-electron chi connectivity index (χ4n) is 2.65. The van der Waals surface area contributed by atoms with E-state index in [-0.39, 0.29) is 12.2 Å². The van der Waals surface area contributed by atoms with Crippen LogP contribution in [0, 0.1) is 16.0 Å². The van der Waals surface area contributed by atoms with Gasteiger partial charge in [0.1, 0.15) is 5.92 Å².